The Labute approximate surface area is 85.1 Å². The van der Waals surface area contributed by atoms with E-state index in [9.17, 15) is 9.90 Å². The Morgan fingerprint density at radius 2 is 2.43 bits per heavy atom. The molecule has 0 radical (unpaired) electrons. The summed E-state index contributed by atoms with van der Waals surface area (Å²) in [4.78, 5) is 11.6. The van der Waals surface area contributed by atoms with Gasteiger partial charge in [0.05, 0.1) is 12.1 Å². The number of aliphatic hydroxyl groups excluding tert-OH is 1. The number of nitrogens with one attached hydrogen (secondary N) is 2. The Kier molecular flexibility index (Phi) is 4.35. The lowest BCUT2D eigenvalue weighted by atomic mass is 10.1. The van der Waals surface area contributed by atoms with Crippen molar-refractivity contribution in [2.45, 2.75) is 51.3 Å². The number of β-amino-alcohol motifs (C(OH)–C–C–N with tert-alkyl or cyclic N) is 1. The SMILES string of the molecule is CCCC(C)NC(=O)C1CC(O)CN1. The van der Waals surface area contributed by atoms with Crippen molar-refractivity contribution < 1.29 is 9.90 Å². The van der Waals surface area contributed by atoms with Crippen LogP contribution in [0.25, 0.3) is 0 Å². The molecule has 1 aliphatic rings. The Bertz CT molecular complexity index is 197. The van der Waals surface area contributed by atoms with Crippen molar-refractivity contribution in [2.24, 2.45) is 0 Å². The number of carbonyl (C=O) groups is 1. The molecule has 1 rings (SSSR count). The van der Waals surface area contributed by atoms with E-state index in [-0.39, 0.29) is 24.1 Å². The first kappa shape index (κ1) is 11.5. The zero-order valence-corrected chi connectivity index (χ0v) is 8.92. The summed E-state index contributed by atoms with van der Waals surface area (Å²) >= 11 is 0. The van der Waals surface area contributed by atoms with Crippen LogP contribution in [0.5, 0.6) is 0 Å². The maximum atomic E-state index is 11.6. The summed E-state index contributed by atoms with van der Waals surface area (Å²) in [6, 6.07) is 0.0244. The minimum Gasteiger partial charge on any atom is -0.392 e. The topological polar surface area (TPSA) is 61.4 Å². The largest absolute Gasteiger partial charge is 0.392 e. The van der Waals surface area contributed by atoms with Crippen LogP contribution in [0, 0.1) is 0 Å². The fraction of sp³-hybridized carbons (Fsp3) is 0.900. The first-order valence-electron chi connectivity index (χ1n) is 5.35. The van der Waals surface area contributed by atoms with Crippen molar-refractivity contribution in [3.8, 4) is 0 Å². The van der Waals surface area contributed by atoms with Gasteiger partial charge < -0.3 is 15.7 Å². The summed E-state index contributed by atoms with van der Waals surface area (Å²) in [5.74, 6) is 0.0162. The fourth-order valence-electron chi connectivity index (χ4n) is 1.77. The third-order valence-corrected chi connectivity index (χ3v) is 2.53. The molecule has 4 heteroatoms. The second kappa shape index (κ2) is 5.32. The van der Waals surface area contributed by atoms with Gasteiger partial charge in [0.15, 0.2) is 0 Å². The van der Waals surface area contributed by atoms with Gasteiger partial charge in [-0.1, -0.05) is 13.3 Å². The van der Waals surface area contributed by atoms with Gasteiger partial charge >= 0.3 is 0 Å². The van der Waals surface area contributed by atoms with Crippen LogP contribution in [-0.2, 0) is 4.79 Å². The lowest BCUT2D eigenvalue weighted by Crippen LogP contribution is -2.44. The van der Waals surface area contributed by atoms with Crippen molar-refractivity contribution in [1.82, 2.24) is 10.6 Å². The molecule has 3 atom stereocenters. The molecule has 1 saturated heterocycles. The van der Waals surface area contributed by atoms with Crippen LogP contribution >= 0.6 is 0 Å². The van der Waals surface area contributed by atoms with E-state index in [1.54, 1.807) is 0 Å². The molecular formula is C10H20N2O2. The monoisotopic (exact) mass is 200 g/mol. The summed E-state index contributed by atoms with van der Waals surface area (Å²) in [5.41, 5.74) is 0. The number of hydrogen-bond acceptors (Lipinski definition) is 3. The number of rotatable bonds is 4. The predicted octanol–water partition coefficient (Wildman–Crippen LogP) is 0.0140. The van der Waals surface area contributed by atoms with Gasteiger partial charge in [-0.2, -0.15) is 0 Å². The van der Waals surface area contributed by atoms with Crippen LogP contribution in [0.15, 0.2) is 0 Å². The van der Waals surface area contributed by atoms with E-state index in [0.29, 0.717) is 13.0 Å². The van der Waals surface area contributed by atoms with Gasteiger partial charge in [-0.25, -0.2) is 0 Å². The normalized spacial score (nSPS) is 28.8. The van der Waals surface area contributed by atoms with Crippen LogP contribution in [0.1, 0.15) is 33.1 Å². The Hall–Kier alpha value is -0.610. The minimum absolute atomic E-state index is 0.0162. The molecule has 3 N–H and O–H groups in total. The van der Waals surface area contributed by atoms with Crippen molar-refractivity contribution in [3.05, 3.63) is 0 Å². The van der Waals surface area contributed by atoms with E-state index in [4.69, 9.17) is 0 Å². The highest BCUT2D eigenvalue weighted by atomic mass is 16.3. The van der Waals surface area contributed by atoms with Crippen molar-refractivity contribution in [2.75, 3.05) is 6.54 Å². The Morgan fingerprint density at radius 1 is 1.71 bits per heavy atom. The minimum atomic E-state index is -0.368. The first-order chi connectivity index (χ1) is 6.63. The van der Waals surface area contributed by atoms with Gasteiger partial charge in [-0.05, 0) is 19.8 Å². The van der Waals surface area contributed by atoms with Crippen LogP contribution in [-0.4, -0.2) is 35.7 Å². The maximum Gasteiger partial charge on any atom is 0.237 e. The number of aliphatic hydroxyl groups is 1. The molecule has 0 aromatic carbocycles. The first-order valence-corrected chi connectivity index (χ1v) is 5.35. The van der Waals surface area contributed by atoms with E-state index in [1.165, 1.54) is 0 Å². The van der Waals surface area contributed by atoms with Gasteiger partial charge in [0.1, 0.15) is 0 Å². The summed E-state index contributed by atoms with van der Waals surface area (Å²) in [5, 5.41) is 15.2. The van der Waals surface area contributed by atoms with Crippen LogP contribution in [0.2, 0.25) is 0 Å². The number of amides is 1. The van der Waals surface area contributed by atoms with Crippen molar-refractivity contribution in [1.29, 1.82) is 0 Å². The third kappa shape index (κ3) is 3.27. The molecule has 14 heavy (non-hydrogen) atoms. The Balaban J connectivity index is 2.27. The van der Waals surface area contributed by atoms with Crippen molar-refractivity contribution >= 4 is 5.91 Å². The molecule has 1 heterocycles. The second-order valence-corrected chi connectivity index (χ2v) is 4.05. The van der Waals surface area contributed by atoms with Gasteiger partial charge in [0, 0.05) is 12.6 Å². The Morgan fingerprint density at radius 3 is 2.93 bits per heavy atom. The smallest absolute Gasteiger partial charge is 0.237 e. The molecule has 1 fully saturated rings. The molecular weight excluding hydrogens is 180 g/mol. The molecule has 0 saturated carbocycles. The molecule has 82 valence electrons. The number of hydrogen-bond donors (Lipinski definition) is 3. The molecule has 1 amide bonds. The summed E-state index contributed by atoms with van der Waals surface area (Å²) < 4.78 is 0. The summed E-state index contributed by atoms with van der Waals surface area (Å²) in [6.45, 7) is 4.63. The standard InChI is InChI=1S/C10H20N2O2/c1-3-4-7(2)12-10(14)9-5-8(13)6-11-9/h7-9,11,13H,3-6H2,1-2H3,(H,12,14). The summed E-state index contributed by atoms with van der Waals surface area (Å²) in [6.07, 6.45) is 2.24. The highest BCUT2D eigenvalue weighted by Gasteiger charge is 2.28. The highest BCUT2D eigenvalue weighted by Crippen LogP contribution is 2.07. The quantitative estimate of drug-likeness (QED) is 0.599. The van der Waals surface area contributed by atoms with Gasteiger partial charge in [0.25, 0.3) is 0 Å². The van der Waals surface area contributed by atoms with E-state index in [1.807, 2.05) is 6.92 Å². The van der Waals surface area contributed by atoms with E-state index < -0.39 is 0 Å². The van der Waals surface area contributed by atoms with Crippen LogP contribution < -0.4 is 10.6 Å². The van der Waals surface area contributed by atoms with Gasteiger partial charge in [0.2, 0.25) is 5.91 Å². The average molecular weight is 200 g/mol. The van der Waals surface area contributed by atoms with E-state index in [2.05, 4.69) is 17.6 Å². The maximum absolute atomic E-state index is 11.6. The molecule has 0 spiro atoms. The highest BCUT2D eigenvalue weighted by molar-refractivity contribution is 5.82. The molecule has 0 aromatic rings. The molecule has 1 aliphatic heterocycles. The van der Waals surface area contributed by atoms with Crippen LogP contribution in [0.3, 0.4) is 0 Å². The van der Waals surface area contributed by atoms with Crippen molar-refractivity contribution in [3.63, 3.8) is 0 Å². The molecule has 4 nitrogen and oxygen atoms in total. The molecule has 0 aliphatic carbocycles. The lowest BCUT2D eigenvalue weighted by molar-refractivity contribution is -0.123. The summed E-state index contributed by atoms with van der Waals surface area (Å²) in [7, 11) is 0. The van der Waals surface area contributed by atoms with Gasteiger partial charge in [-0.3, -0.25) is 4.79 Å². The second-order valence-electron chi connectivity index (χ2n) is 4.05. The number of carbonyl (C=O) groups excluding carboxylic acids is 1. The zero-order valence-electron chi connectivity index (χ0n) is 8.92. The van der Waals surface area contributed by atoms with Gasteiger partial charge in [-0.15, -0.1) is 0 Å². The zero-order chi connectivity index (χ0) is 10.6. The predicted molar refractivity (Wildman–Crippen MR) is 54.9 cm³/mol. The molecule has 0 aromatic heterocycles. The molecule has 3 unspecified atom stereocenters. The van der Waals surface area contributed by atoms with Crippen LogP contribution in [0.4, 0.5) is 0 Å². The molecule has 0 bridgehead atoms. The van der Waals surface area contributed by atoms with E-state index >= 15 is 0 Å². The van der Waals surface area contributed by atoms with E-state index in [0.717, 1.165) is 12.8 Å². The lowest BCUT2D eigenvalue weighted by Gasteiger charge is -2.16. The third-order valence-electron chi connectivity index (χ3n) is 2.53. The average Bonchev–Trinajstić information content (AvgIpc) is 2.52. The fourth-order valence-corrected chi connectivity index (χ4v) is 1.77.